The number of amides is 1. The fourth-order valence-corrected chi connectivity index (χ4v) is 2.11. The second-order valence-corrected chi connectivity index (χ2v) is 5.05. The Balaban J connectivity index is 2.06. The molecule has 1 aliphatic rings. The topological polar surface area (TPSA) is 38.8 Å². The minimum absolute atomic E-state index is 0.0182. The Morgan fingerprint density at radius 1 is 1.33 bits per heavy atom. The minimum Gasteiger partial charge on any atom is -0.486 e. The Hall–Kier alpha value is -2.23. The van der Waals surface area contributed by atoms with Gasteiger partial charge in [0.05, 0.1) is 0 Å². The maximum absolute atomic E-state index is 12.1. The summed E-state index contributed by atoms with van der Waals surface area (Å²) in [6.07, 6.45) is 3.37. The van der Waals surface area contributed by atoms with Crippen LogP contribution in [0.15, 0.2) is 36.4 Å². The van der Waals surface area contributed by atoms with Crippen molar-refractivity contribution in [2.45, 2.75) is 13.8 Å². The maximum atomic E-state index is 12.1. The molecule has 1 aromatic carbocycles. The molecule has 4 nitrogen and oxygen atoms in total. The van der Waals surface area contributed by atoms with Crippen molar-refractivity contribution in [2.75, 3.05) is 26.3 Å². The van der Waals surface area contributed by atoms with E-state index in [1.54, 1.807) is 17.1 Å². The van der Waals surface area contributed by atoms with Gasteiger partial charge in [0.15, 0.2) is 11.5 Å². The van der Waals surface area contributed by atoms with E-state index in [9.17, 15) is 4.79 Å². The lowest BCUT2D eigenvalue weighted by Crippen LogP contribution is -2.30. The average molecular weight is 287 g/mol. The highest BCUT2D eigenvalue weighted by atomic mass is 16.6. The predicted octanol–water partition coefficient (Wildman–Crippen LogP) is 2.90. The molecule has 0 spiro atoms. The van der Waals surface area contributed by atoms with E-state index < -0.39 is 0 Å². The number of hydrogen-bond donors (Lipinski definition) is 0. The van der Waals surface area contributed by atoms with Gasteiger partial charge < -0.3 is 14.4 Å². The molecule has 0 bridgehead atoms. The predicted molar refractivity (Wildman–Crippen MR) is 83.5 cm³/mol. The van der Waals surface area contributed by atoms with Crippen molar-refractivity contribution in [3.05, 3.63) is 42.0 Å². The van der Waals surface area contributed by atoms with Gasteiger partial charge in [-0.15, -0.1) is 0 Å². The molecule has 0 saturated carbocycles. The molecule has 4 heteroatoms. The Kier molecular flexibility index (Phi) is 5.04. The van der Waals surface area contributed by atoms with Crippen LogP contribution in [-0.4, -0.2) is 37.1 Å². The molecular weight excluding hydrogens is 266 g/mol. The van der Waals surface area contributed by atoms with E-state index in [0.717, 1.165) is 22.6 Å². The molecule has 0 aliphatic carbocycles. The van der Waals surface area contributed by atoms with Gasteiger partial charge in [-0.25, -0.2) is 0 Å². The highest BCUT2D eigenvalue weighted by Crippen LogP contribution is 2.31. The molecule has 0 atom stereocenters. The van der Waals surface area contributed by atoms with Gasteiger partial charge in [0.2, 0.25) is 5.91 Å². The van der Waals surface area contributed by atoms with Crippen LogP contribution in [-0.2, 0) is 4.79 Å². The van der Waals surface area contributed by atoms with Crippen molar-refractivity contribution in [2.24, 2.45) is 0 Å². The standard InChI is InChI=1S/C17H21NO3/c1-4-18(12-13(2)3)17(19)8-6-14-5-7-15-16(11-14)21-10-9-20-15/h5-8,11H,2,4,9-10,12H2,1,3H3/b8-6+. The van der Waals surface area contributed by atoms with E-state index in [-0.39, 0.29) is 5.91 Å². The van der Waals surface area contributed by atoms with Gasteiger partial charge in [0.1, 0.15) is 13.2 Å². The Morgan fingerprint density at radius 2 is 2.05 bits per heavy atom. The summed E-state index contributed by atoms with van der Waals surface area (Å²) in [7, 11) is 0. The summed E-state index contributed by atoms with van der Waals surface area (Å²) in [5.41, 5.74) is 1.89. The number of benzene rings is 1. The van der Waals surface area contributed by atoms with Gasteiger partial charge in [-0.05, 0) is 37.6 Å². The Labute approximate surface area is 125 Å². The van der Waals surface area contributed by atoms with Gasteiger partial charge in [-0.3, -0.25) is 4.79 Å². The normalized spacial score (nSPS) is 13.2. The molecular formula is C17H21NO3. The third kappa shape index (κ3) is 4.12. The van der Waals surface area contributed by atoms with E-state index >= 15 is 0 Å². The van der Waals surface area contributed by atoms with Crippen LogP contribution in [0.3, 0.4) is 0 Å². The highest BCUT2D eigenvalue weighted by Gasteiger charge is 2.11. The lowest BCUT2D eigenvalue weighted by molar-refractivity contribution is -0.125. The van der Waals surface area contributed by atoms with E-state index in [1.807, 2.05) is 32.0 Å². The summed E-state index contributed by atoms with van der Waals surface area (Å²) < 4.78 is 11.0. The number of nitrogens with zero attached hydrogens (tertiary/aromatic N) is 1. The summed E-state index contributed by atoms with van der Waals surface area (Å²) in [4.78, 5) is 13.9. The summed E-state index contributed by atoms with van der Waals surface area (Å²) in [5, 5.41) is 0. The first-order valence-corrected chi connectivity index (χ1v) is 7.11. The number of likely N-dealkylation sites (N-methyl/N-ethyl adjacent to an activating group) is 1. The number of fused-ring (bicyclic) bond motifs is 1. The SMILES string of the molecule is C=C(C)CN(CC)C(=O)/C=C/c1ccc2c(c1)OCCO2. The molecule has 0 saturated heterocycles. The molecule has 2 rings (SSSR count). The third-order valence-electron chi connectivity index (χ3n) is 3.14. The van der Waals surface area contributed by atoms with Crippen molar-refractivity contribution in [1.82, 2.24) is 4.90 Å². The number of ether oxygens (including phenoxy) is 2. The van der Waals surface area contributed by atoms with Crippen molar-refractivity contribution in [3.63, 3.8) is 0 Å². The lowest BCUT2D eigenvalue weighted by atomic mass is 10.1. The van der Waals surface area contributed by atoms with E-state index in [1.165, 1.54) is 0 Å². The van der Waals surface area contributed by atoms with Gasteiger partial charge in [0, 0.05) is 19.2 Å². The second kappa shape index (κ2) is 6.97. The van der Waals surface area contributed by atoms with Crippen LogP contribution in [0, 0.1) is 0 Å². The van der Waals surface area contributed by atoms with Crippen molar-refractivity contribution in [1.29, 1.82) is 0 Å². The monoisotopic (exact) mass is 287 g/mol. The lowest BCUT2D eigenvalue weighted by Gasteiger charge is -2.19. The zero-order chi connectivity index (χ0) is 15.2. The van der Waals surface area contributed by atoms with Crippen LogP contribution in [0.5, 0.6) is 11.5 Å². The summed E-state index contributed by atoms with van der Waals surface area (Å²) >= 11 is 0. The summed E-state index contributed by atoms with van der Waals surface area (Å²) in [6, 6.07) is 5.66. The zero-order valence-electron chi connectivity index (χ0n) is 12.6. The molecule has 0 aromatic heterocycles. The van der Waals surface area contributed by atoms with E-state index in [2.05, 4.69) is 6.58 Å². The third-order valence-corrected chi connectivity index (χ3v) is 3.14. The Morgan fingerprint density at radius 3 is 2.71 bits per heavy atom. The van der Waals surface area contributed by atoms with Crippen LogP contribution in [0.2, 0.25) is 0 Å². The largest absolute Gasteiger partial charge is 0.486 e. The molecule has 112 valence electrons. The van der Waals surface area contributed by atoms with Gasteiger partial charge >= 0.3 is 0 Å². The molecule has 21 heavy (non-hydrogen) atoms. The molecule has 1 amide bonds. The van der Waals surface area contributed by atoms with Crippen molar-refractivity contribution >= 4 is 12.0 Å². The average Bonchev–Trinajstić information content (AvgIpc) is 2.49. The summed E-state index contributed by atoms with van der Waals surface area (Å²) in [6.45, 7) is 10.1. The number of carbonyl (C=O) groups excluding carboxylic acids is 1. The molecule has 0 N–H and O–H groups in total. The van der Waals surface area contributed by atoms with E-state index in [0.29, 0.717) is 26.3 Å². The number of rotatable bonds is 5. The van der Waals surface area contributed by atoms with Gasteiger partial charge in [-0.2, -0.15) is 0 Å². The molecule has 0 fully saturated rings. The molecule has 1 aromatic rings. The van der Waals surface area contributed by atoms with Crippen LogP contribution in [0.25, 0.3) is 6.08 Å². The first kappa shape index (κ1) is 15.2. The van der Waals surface area contributed by atoms with Crippen molar-refractivity contribution in [3.8, 4) is 11.5 Å². The first-order valence-electron chi connectivity index (χ1n) is 7.11. The van der Waals surface area contributed by atoms with Gasteiger partial charge in [-0.1, -0.05) is 18.2 Å². The fourth-order valence-electron chi connectivity index (χ4n) is 2.11. The smallest absolute Gasteiger partial charge is 0.246 e. The molecule has 1 aliphatic heterocycles. The summed E-state index contributed by atoms with van der Waals surface area (Å²) in [5.74, 6) is 1.46. The Bertz CT molecular complexity index is 563. The van der Waals surface area contributed by atoms with Crippen LogP contribution in [0.4, 0.5) is 0 Å². The quantitative estimate of drug-likeness (QED) is 0.617. The number of hydrogen-bond acceptors (Lipinski definition) is 3. The first-order chi connectivity index (χ1) is 10.1. The van der Waals surface area contributed by atoms with Crippen LogP contribution in [0.1, 0.15) is 19.4 Å². The number of carbonyl (C=O) groups is 1. The molecule has 0 radical (unpaired) electrons. The molecule has 0 unspecified atom stereocenters. The van der Waals surface area contributed by atoms with Gasteiger partial charge in [0.25, 0.3) is 0 Å². The highest BCUT2D eigenvalue weighted by molar-refractivity contribution is 5.92. The second-order valence-electron chi connectivity index (χ2n) is 5.05. The van der Waals surface area contributed by atoms with Crippen LogP contribution < -0.4 is 9.47 Å². The van der Waals surface area contributed by atoms with Crippen LogP contribution >= 0.6 is 0 Å². The van der Waals surface area contributed by atoms with E-state index in [4.69, 9.17) is 9.47 Å². The zero-order valence-corrected chi connectivity index (χ0v) is 12.6. The maximum Gasteiger partial charge on any atom is 0.246 e. The fraction of sp³-hybridized carbons (Fsp3) is 0.353. The molecule has 1 heterocycles. The van der Waals surface area contributed by atoms with Crippen molar-refractivity contribution < 1.29 is 14.3 Å². The minimum atomic E-state index is -0.0182.